The molecule has 1 aliphatic rings. The van der Waals surface area contributed by atoms with Gasteiger partial charge < -0.3 is 5.73 Å². The lowest BCUT2D eigenvalue weighted by atomic mass is 10.00. The lowest BCUT2D eigenvalue weighted by Gasteiger charge is -2.04. The van der Waals surface area contributed by atoms with Gasteiger partial charge in [0.05, 0.1) is 0 Å². The van der Waals surface area contributed by atoms with Crippen LogP contribution in [0, 0.1) is 19.8 Å². The Bertz CT molecular complexity index is 396. The summed E-state index contributed by atoms with van der Waals surface area (Å²) in [5.74, 6) is 0.258. The van der Waals surface area contributed by atoms with Crippen LogP contribution in [0.4, 0.5) is 0 Å². The van der Waals surface area contributed by atoms with Crippen molar-refractivity contribution in [3.8, 4) is 0 Å². The molecular weight excluding hydrogens is 174 g/mol. The maximum absolute atomic E-state index is 11.9. The Kier molecular flexibility index (Phi) is 2.16. The summed E-state index contributed by atoms with van der Waals surface area (Å²) in [5.41, 5.74) is 10.0. The van der Waals surface area contributed by atoms with E-state index < -0.39 is 0 Å². The number of carbonyl (C=O) groups is 1. The van der Waals surface area contributed by atoms with E-state index in [4.69, 9.17) is 5.73 Å². The third kappa shape index (κ3) is 1.18. The lowest BCUT2D eigenvalue weighted by Crippen LogP contribution is -2.20. The Hall–Kier alpha value is -1.15. The van der Waals surface area contributed by atoms with Crippen LogP contribution >= 0.6 is 0 Å². The smallest absolute Gasteiger partial charge is 0.168 e. The summed E-state index contributed by atoms with van der Waals surface area (Å²) in [7, 11) is 0. The molecule has 0 aromatic heterocycles. The third-order valence-corrected chi connectivity index (χ3v) is 3.11. The minimum Gasteiger partial charge on any atom is -0.330 e. The first-order valence-corrected chi connectivity index (χ1v) is 4.98. The molecular formula is C12H15NO. The number of nitrogens with two attached hydrogens (primary N) is 1. The summed E-state index contributed by atoms with van der Waals surface area (Å²) in [6.07, 6.45) is 0.832. The van der Waals surface area contributed by atoms with Crippen molar-refractivity contribution < 1.29 is 4.79 Å². The van der Waals surface area contributed by atoms with E-state index in [0.717, 1.165) is 17.5 Å². The minimum atomic E-state index is 0.0183. The van der Waals surface area contributed by atoms with Crippen molar-refractivity contribution in [1.82, 2.24) is 0 Å². The first kappa shape index (κ1) is 9.41. The number of Topliss-reactive ketones (excluding diaryl/α,β-unsaturated/α-hetero) is 1. The van der Waals surface area contributed by atoms with Gasteiger partial charge in [-0.3, -0.25) is 4.79 Å². The number of rotatable bonds is 1. The minimum absolute atomic E-state index is 0.0183. The van der Waals surface area contributed by atoms with E-state index in [0.29, 0.717) is 6.54 Å². The number of ketones is 1. The van der Waals surface area contributed by atoms with Crippen LogP contribution in [0.3, 0.4) is 0 Å². The predicted octanol–water partition coefficient (Wildman–Crippen LogP) is 1.62. The van der Waals surface area contributed by atoms with Crippen LogP contribution in [0.15, 0.2) is 12.1 Å². The fourth-order valence-electron chi connectivity index (χ4n) is 2.21. The quantitative estimate of drug-likeness (QED) is 0.729. The molecule has 0 amide bonds. The highest BCUT2D eigenvalue weighted by Crippen LogP contribution is 2.31. The molecule has 2 rings (SSSR count). The second-order valence-corrected chi connectivity index (χ2v) is 4.05. The van der Waals surface area contributed by atoms with Gasteiger partial charge in [0.1, 0.15) is 0 Å². The molecule has 2 nitrogen and oxygen atoms in total. The molecule has 2 N–H and O–H groups in total. The van der Waals surface area contributed by atoms with Gasteiger partial charge in [0.25, 0.3) is 0 Å². The van der Waals surface area contributed by atoms with Gasteiger partial charge in [-0.05, 0) is 37.0 Å². The van der Waals surface area contributed by atoms with Crippen LogP contribution in [0.5, 0.6) is 0 Å². The molecule has 2 heteroatoms. The van der Waals surface area contributed by atoms with Crippen LogP contribution in [0.2, 0.25) is 0 Å². The average molecular weight is 189 g/mol. The highest BCUT2D eigenvalue weighted by Gasteiger charge is 2.31. The highest BCUT2D eigenvalue weighted by atomic mass is 16.1. The van der Waals surface area contributed by atoms with Gasteiger partial charge in [-0.1, -0.05) is 12.1 Å². The molecule has 0 saturated carbocycles. The molecule has 0 radical (unpaired) electrons. The normalized spacial score (nSPS) is 19.9. The Balaban J connectivity index is 2.58. The summed E-state index contributed by atoms with van der Waals surface area (Å²) in [5, 5.41) is 0. The van der Waals surface area contributed by atoms with Crippen LogP contribution in [0.1, 0.15) is 27.0 Å². The van der Waals surface area contributed by atoms with E-state index >= 15 is 0 Å². The van der Waals surface area contributed by atoms with Crippen molar-refractivity contribution in [2.45, 2.75) is 20.3 Å². The fraction of sp³-hybridized carbons (Fsp3) is 0.417. The molecule has 1 unspecified atom stereocenters. The van der Waals surface area contributed by atoms with Crippen molar-refractivity contribution in [1.29, 1.82) is 0 Å². The Morgan fingerprint density at radius 2 is 2.00 bits per heavy atom. The van der Waals surface area contributed by atoms with Gasteiger partial charge in [0.15, 0.2) is 5.78 Å². The third-order valence-electron chi connectivity index (χ3n) is 3.11. The van der Waals surface area contributed by atoms with Gasteiger partial charge in [-0.15, -0.1) is 0 Å². The van der Waals surface area contributed by atoms with Gasteiger partial charge >= 0.3 is 0 Å². The second kappa shape index (κ2) is 3.21. The fourth-order valence-corrected chi connectivity index (χ4v) is 2.21. The number of carbonyl (C=O) groups excluding carboxylic acids is 1. The summed E-state index contributed by atoms with van der Waals surface area (Å²) in [4.78, 5) is 11.9. The second-order valence-electron chi connectivity index (χ2n) is 4.05. The predicted molar refractivity (Wildman–Crippen MR) is 56.5 cm³/mol. The molecule has 0 fully saturated rings. The molecule has 1 aliphatic carbocycles. The van der Waals surface area contributed by atoms with Crippen molar-refractivity contribution in [3.63, 3.8) is 0 Å². The van der Waals surface area contributed by atoms with E-state index in [2.05, 4.69) is 13.0 Å². The monoisotopic (exact) mass is 189 g/mol. The summed E-state index contributed by atoms with van der Waals surface area (Å²) in [6, 6.07) is 4.10. The summed E-state index contributed by atoms with van der Waals surface area (Å²) < 4.78 is 0. The van der Waals surface area contributed by atoms with Crippen molar-refractivity contribution in [3.05, 3.63) is 34.4 Å². The lowest BCUT2D eigenvalue weighted by molar-refractivity contribution is 0.0940. The van der Waals surface area contributed by atoms with Crippen LogP contribution in [0.25, 0.3) is 0 Å². The molecule has 0 saturated heterocycles. The average Bonchev–Trinajstić information content (AvgIpc) is 2.51. The first-order chi connectivity index (χ1) is 6.65. The molecule has 14 heavy (non-hydrogen) atoms. The van der Waals surface area contributed by atoms with E-state index in [1.54, 1.807) is 0 Å². The van der Waals surface area contributed by atoms with Crippen molar-refractivity contribution >= 4 is 5.78 Å². The van der Waals surface area contributed by atoms with Crippen molar-refractivity contribution in [2.75, 3.05) is 6.54 Å². The van der Waals surface area contributed by atoms with E-state index in [1.807, 2.05) is 13.0 Å². The molecule has 0 bridgehead atoms. The maximum Gasteiger partial charge on any atom is 0.168 e. The zero-order valence-corrected chi connectivity index (χ0v) is 8.63. The molecule has 1 aromatic rings. The Morgan fingerprint density at radius 3 is 2.57 bits per heavy atom. The SMILES string of the molecule is Cc1ccc(C)c2c1CC(CN)C2=O. The standard InChI is InChI=1S/C12H15NO/c1-7-3-4-8(2)11-10(7)5-9(6-13)12(11)14/h3-4,9H,5-6,13H2,1-2H3. The number of aryl methyl sites for hydroxylation is 2. The van der Waals surface area contributed by atoms with Gasteiger partial charge in [0, 0.05) is 18.0 Å². The topological polar surface area (TPSA) is 43.1 Å². The Morgan fingerprint density at radius 1 is 1.36 bits per heavy atom. The van der Waals surface area contributed by atoms with Gasteiger partial charge in [-0.2, -0.15) is 0 Å². The zero-order chi connectivity index (χ0) is 10.3. The van der Waals surface area contributed by atoms with Crippen LogP contribution in [-0.2, 0) is 6.42 Å². The molecule has 0 heterocycles. The van der Waals surface area contributed by atoms with Crippen LogP contribution in [-0.4, -0.2) is 12.3 Å². The number of hydrogen-bond donors (Lipinski definition) is 1. The molecule has 0 spiro atoms. The number of hydrogen-bond acceptors (Lipinski definition) is 2. The van der Waals surface area contributed by atoms with Gasteiger partial charge in [-0.25, -0.2) is 0 Å². The first-order valence-electron chi connectivity index (χ1n) is 4.98. The summed E-state index contributed by atoms with van der Waals surface area (Å²) >= 11 is 0. The van der Waals surface area contributed by atoms with Crippen molar-refractivity contribution in [2.24, 2.45) is 11.7 Å². The molecule has 1 aromatic carbocycles. The Labute approximate surface area is 84.1 Å². The number of benzene rings is 1. The van der Waals surface area contributed by atoms with Crippen LogP contribution < -0.4 is 5.73 Å². The largest absolute Gasteiger partial charge is 0.330 e. The van der Waals surface area contributed by atoms with Gasteiger partial charge in [0.2, 0.25) is 0 Å². The number of fused-ring (bicyclic) bond motifs is 1. The zero-order valence-electron chi connectivity index (χ0n) is 8.63. The molecule has 0 aliphatic heterocycles. The molecule has 1 atom stereocenters. The van der Waals surface area contributed by atoms with E-state index in [9.17, 15) is 4.79 Å². The van der Waals surface area contributed by atoms with E-state index in [-0.39, 0.29) is 11.7 Å². The summed E-state index contributed by atoms with van der Waals surface area (Å²) in [6.45, 7) is 4.52. The van der Waals surface area contributed by atoms with E-state index in [1.165, 1.54) is 11.1 Å². The highest BCUT2D eigenvalue weighted by molar-refractivity contribution is 6.03. The molecule has 74 valence electrons. The maximum atomic E-state index is 11.9.